The Morgan fingerprint density at radius 3 is 2.65 bits per heavy atom. The van der Waals surface area contributed by atoms with Crippen LogP contribution < -0.4 is 10.2 Å². The Bertz CT molecular complexity index is 558. The zero-order valence-corrected chi connectivity index (χ0v) is 14.2. The second kappa shape index (κ2) is 6.35. The highest BCUT2D eigenvalue weighted by Gasteiger charge is 2.36. The van der Waals surface area contributed by atoms with Gasteiger partial charge in [-0.2, -0.15) is 0 Å². The van der Waals surface area contributed by atoms with Gasteiger partial charge in [0.15, 0.2) is 0 Å². The first-order chi connectivity index (χ1) is 10.9. The Balaban J connectivity index is 1.64. The third-order valence-corrected chi connectivity index (χ3v) is 4.26. The maximum Gasteiger partial charge on any atom is 0.410 e. The van der Waals surface area contributed by atoms with Crippen LogP contribution in [0, 0.1) is 0 Å². The normalized spacial score (nSPS) is 19.4. The average molecular weight is 318 g/mol. The highest BCUT2D eigenvalue weighted by atomic mass is 16.6. The average Bonchev–Trinajstić information content (AvgIpc) is 2.45. The summed E-state index contributed by atoms with van der Waals surface area (Å²) in [5, 5.41) is 3.38. The van der Waals surface area contributed by atoms with Crippen LogP contribution in [0.4, 0.5) is 10.5 Å². The summed E-state index contributed by atoms with van der Waals surface area (Å²) >= 11 is 0. The molecule has 23 heavy (non-hydrogen) atoms. The molecule has 0 radical (unpaired) electrons. The number of aromatic nitrogens is 1. The van der Waals surface area contributed by atoms with Crippen molar-refractivity contribution >= 4 is 11.8 Å². The van der Waals surface area contributed by atoms with Crippen molar-refractivity contribution in [2.24, 2.45) is 0 Å². The highest BCUT2D eigenvalue weighted by molar-refractivity contribution is 5.70. The lowest BCUT2D eigenvalue weighted by molar-refractivity contribution is 0.00819. The minimum Gasteiger partial charge on any atom is -0.444 e. The maximum absolute atomic E-state index is 12.1. The third-order valence-electron chi connectivity index (χ3n) is 4.26. The van der Waals surface area contributed by atoms with Gasteiger partial charge in [-0.25, -0.2) is 4.79 Å². The third kappa shape index (κ3) is 3.75. The van der Waals surface area contributed by atoms with Crippen molar-refractivity contribution in [3.63, 3.8) is 0 Å². The summed E-state index contributed by atoms with van der Waals surface area (Å²) < 4.78 is 5.43. The Hall–Kier alpha value is -1.82. The van der Waals surface area contributed by atoms with Crippen molar-refractivity contribution in [2.45, 2.75) is 32.3 Å². The van der Waals surface area contributed by atoms with E-state index in [0.717, 1.165) is 26.2 Å². The van der Waals surface area contributed by atoms with Gasteiger partial charge in [0.2, 0.25) is 0 Å². The van der Waals surface area contributed by atoms with Crippen LogP contribution in [-0.2, 0) is 4.74 Å². The first kappa shape index (κ1) is 16.1. The van der Waals surface area contributed by atoms with Gasteiger partial charge >= 0.3 is 6.09 Å². The van der Waals surface area contributed by atoms with Gasteiger partial charge in [-0.05, 0) is 26.8 Å². The van der Waals surface area contributed by atoms with E-state index >= 15 is 0 Å². The fourth-order valence-electron chi connectivity index (χ4n) is 3.06. The topological polar surface area (TPSA) is 57.7 Å². The van der Waals surface area contributed by atoms with Crippen molar-refractivity contribution in [3.05, 3.63) is 24.0 Å². The predicted molar refractivity (Wildman–Crippen MR) is 89.9 cm³/mol. The molecule has 1 aromatic heterocycles. The molecule has 0 bridgehead atoms. The van der Waals surface area contributed by atoms with Crippen molar-refractivity contribution < 1.29 is 9.53 Å². The molecule has 0 atom stereocenters. The molecule has 126 valence electrons. The Morgan fingerprint density at radius 2 is 2.00 bits per heavy atom. The molecular weight excluding hydrogens is 292 g/mol. The number of ether oxygens (including phenoxy) is 1. The molecule has 2 saturated heterocycles. The number of hydrogen-bond acceptors (Lipinski definition) is 5. The summed E-state index contributed by atoms with van der Waals surface area (Å²) in [5.41, 5.74) is 2.06. The summed E-state index contributed by atoms with van der Waals surface area (Å²) in [7, 11) is 0. The molecule has 0 unspecified atom stereocenters. The van der Waals surface area contributed by atoms with E-state index in [1.165, 1.54) is 11.3 Å². The molecule has 2 fully saturated rings. The zero-order chi connectivity index (χ0) is 16.4. The molecule has 1 N–H and O–H groups in total. The van der Waals surface area contributed by atoms with Gasteiger partial charge < -0.3 is 19.9 Å². The Labute approximate surface area is 137 Å². The fourth-order valence-corrected chi connectivity index (χ4v) is 3.06. The van der Waals surface area contributed by atoms with Crippen LogP contribution >= 0.6 is 0 Å². The van der Waals surface area contributed by atoms with Crippen LogP contribution in [0.5, 0.6) is 0 Å². The lowest BCUT2D eigenvalue weighted by atomic mass is 9.91. The van der Waals surface area contributed by atoms with E-state index < -0.39 is 5.60 Å². The quantitative estimate of drug-likeness (QED) is 0.901. The van der Waals surface area contributed by atoms with E-state index in [0.29, 0.717) is 19.0 Å². The summed E-state index contributed by atoms with van der Waals surface area (Å²) in [5.74, 6) is 0.348. The lowest BCUT2D eigenvalue weighted by Gasteiger charge is -2.41. The summed E-state index contributed by atoms with van der Waals surface area (Å²) in [6, 6.07) is 2.09. The largest absolute Gasteiger partial charge is 0.444 e. The fraction of sp³-hybridized carbons (Fsp3) is 0.647. The number of nitrogens with one attached hydrogen (secondary N) is 1. The van der Waals surface area contributed by atoms with Crippen LogP contribution in [0.2, 0.25) is 0 Å². The van der Waals surface area contributed by atoms with Crippen molar-refractivity contribution in [1.29, 1.82) is 0 Å². The van der Waals surface area contributed by atoms with Gasteiger partial charge in [-0.3, -0.25) is 4.98 Å². The second-order valence-electron chi connectivity index (χ2n) is 7.25. The number of pyridine rings is 1. The number of carbonyl (C=O) groups is 1. The molecule has 6 nitrogen and oxygen atoms in total. The van der Waals surface area contributed by atoms with E-state index in [4.69, 9.17) is 4.74 Å². The van der Waals surface area contributed by atoms with Gasteiger partial charge in [0, 0.05) is 68.8 Å². The van der Waals surface area contributed by atoms with E-state index in [9.17, 15) is 4.79 Å². The lowest BCUT2D eigenvalue weighted by Crippen LogP contribution is -2.51. The second-order valence-corrected chi connectivity index (χ2v) is 7.25. The Morgan fingerprint density at radius 1 is 1.30 bits per heavy atom. The number of rotatable bonds is 2. The summed E-state index contributed by atoms with van der Waals surface area (Å²) in [6.07, 6.45) is 3.58. The Kier molecular flexibility index (Phi) is 4.43. The summed E-state index contributed by atoms with van der Waals surface area (Å²) in [6.45, 7) is 11.1. The first-order valence-corrected chi connectivity index (χ1v) is 8.31. The molecule has 2 aliphatic rings. The number of anilines is 1. The molecule has 0 spiro atoms. The molecule has 3 heterocycles. The van der Waals surface area contributed by atoms with E-state index in [-0.39, 0.29) is 6.09 Å². The minimum atomic E-state index is -0.442. The molecule has 1 amide bonds. The van der Waals surface area contributed by atoms with Gasteiger partial charge in [0.25, 0.3) is 0 Å². The molecule has 1 aromatic rings. The van der Waals surface area contributed by atoms with Crippen molar-refractivity contribution in [1.82, 2.24) is 15.2 Å². The summed E-state index contributed by atoms with van der Waals surface area (Å²) in [4.78, 5) is 20.5. The minimum absolute atomic E-state index is 0.221. The molecule has 6 heteroatoms. The predicted octanol–water partition coefficient (Wildman–Crippen LogP) is 1.83. The van der Waals surface area contributed by atoms with E-state index in [1.807, 2.05) is 33.2 Å². The van der Waals surface area contributed by atoms with Crippen LogP contribution in [0.25, 0.3) is 0 Å². The van der Waals surface area contributed by atoms with Crippen LogP contribution in [0.15, 0.2) is 18.5 Å². The molecule has 2 aliphatic heterocycles. The number of likely N-dealkylation sites (tertiary alicyclic amines) is 1. The standard InChI is InChI=1S/C17H26N4O2/c1-17(2,3)23-16(22)21-11-13(12-21)14-10-19-5-4-15(14)20-8-6-18-7-9-20/h4-5,10,13,18H,6-9,11-12H2,1-3H3. The number of carbonyl (C=O) groups excluding carboxylic acids is 1. The SMILES string of the molecule is CC(C)(C)OC(=O)N1CC(c2cnccc2N2CCNCC2)C1. The molecular formula is C17H26N4O2. The number of piperazine rings is 1. The molecule has 3 rings (SSSR count). The molecule has 0 aromatic carbocycles. The van der Waals surface area contributed by atoms with E-state index in [2.05, 4.69) is 21.3 Å². The number of amides is 1. The molecule has 0 aliphatic carbocycles. The van der Waals surface area contributed by atoms with Crippen LogP contribution in [0.1, 0.15) is 32.3 Å². The van der Waals surface area contributed by atoms with Gasteiger partial charge in [0.1, 0.15) is 5.60 Å². The number of hydrogen-bond donors (Lipinski definition) is 1. The first-order valence-electron chi connectivity index (χ1n) is 8.31. The monoisotopic (exact) mass is 318 g/mol. The highest BCUT2D eigenvalue weighted by Crippen LogP contribution is 2.34. The van der Waals surface area contributed by atoms with Crippen molar-refractivity contribution in [3.8, 4) is 0 Å². The molecule has 0 saturated carbocycles. The van der Waals surface area contributed by atoms with Gasteiger partial charge in [-0.1, -0.05) is 0 Å². The zero-order valence-electron chi connectivity index (χ0n) is 14.2. The van der Waals surface area contributed by atoms with Crippen LogP contribution in [-0.4, -0.2) is 60.8 Å². The van der Waals surface area contributed by atoms with Crippen molar-refractivity contribution in [2.75, 3.05) is 44.2 Å². The number of nitrogens with zero attached hydrogens (tertiary/aromatic N) is 3. The maximum atomic E-state index is 12.1. The van der Waals surface area contributed by atoms with E-state index in [1.54, 1.807) is 4.90 Å². The smallest absolute Gasteiger partial charge is 0.410 e. The van der Waals surface area contributed by atoms with Gasteiger partial charge in [0.05, 0.1) is 0 Å². The van der Waals surface area contributed by atoms with Gasteiger partial charge in [-0.15, -0.1) is 0 Å². The van der Waals surface area contributed by atoms with Crippen LogP contribution in [0.3, 0.4) is 0 Å².